The number of nitrogens with zero attached hydrogens (tertiary/aromatic N) is 1. The topological polar surface area (TPSA) is 117 Å². The van der Waals surface area contributed by atoms with Crippen LogP contribution in [-0.2, 0) is 30.5 Å². The molecule has 0 aliphatic carbocycles. The Morgan fingerprint density at radius 1 is 1.32 bits per heavy atom. The van der Waals surface area contributed by atoms with Crippen LogP contribution in [0, 0.1) is 0 Å². The largest absolute Gasteiger partial charge is 0.466 e. The first kappa shape index (κ1) is 17.4. The molecule has 1 rings (SSSR count). The van der Waals surface area contributed by atoms with Crippen molar-refractivity contribution in [1.82, 2.24) is 9.55 Å². The maximum absolute atomic E-state index is 11.6. The molecule has 0 spiro atoms. The number of carbonyl (C=O) groups is 2. The van der Waals surface area contributed by atoms with Gasteiger partial charge in [0.2, 0.25) is 0 Å². The molecule has 0 saturated carbocycles. The van der Waals surface area contributed by atoms with E-state index in [0.717, 1.165) is 10.6 Å². The van der Waals surface area contributed by atoms with E-state index in [9.17, 15) is 19.2 Å². The van der Waals surface area contributed by atoms with Crippen molar-refractivity contribution in [2.75, 3.05) is 20.3 Å². The molecule has 1 aromatic heterocycles. The van der Waals surface area contributed by atoms with Crippen LogP contribution in [0.2, 0.25) is 0 Å². The summed E-state index contributed by atoms with van der Waals surface area (Å²) in [5, 5.41) is 0. The van der Waals surface area contributed by atoms with Crippen molar-refractivity contribution < 1.29 is 23.8 Å². The molecule has 1 N–H and O–H groups in total. The molecule has 120 valence electrons. The lowest BCUT2D eigenvalue weighted by molar-refractivity contribution is -0.143. The smallest absolute Gasteiger partial charge is 0.330 e. The molecule has 9 heteroatoms. The fourth-order valence-electron chi connectivity index (χ4n) is 1.37. The number of esters is 2. The SMILES string of the molecule is COC(=O)/C=C/c1cn(COCCOC(C)=O)c(=O)[nH]c1=O. The zero-order chi connectivity index (χ0) is 16.5. The average Bonchev–Trinajstić information content (AvgIpc) is 2.47. The van der Waals surface area contributed by atoms with E-state index in [1.807, 2.05) is 0 Å². The minimum atomic E-state index is -0.660. The molecule has 1 heterocycles. The first-order valence-electron chi connectivity index (χ1n) is 6.25. The Labute approximate surface area is 125 Å². The highest BCUT2D eigenvalue weighted by atomic mass is 16.6. The average molecular weight is 312 g/mol. The molecule has 0 fully saturated rings. The second kappa shape index (κ2) is 8.57. The number of rotatable bonds is 7. The fraction of sp³-hybridized carbons (Fsp3) is 0.385. The second-order valence-electron chi connectivity index (χ2n) is 4.05. The van der Waals surface area contributed by atoms with Crippen LogP contribution in [-0.4, -0.2) is 41.8 Å². The molecule has 0 unspecified atom stereocenters. The van der Waals surface area contributed by atoms with Crippen LogP contribution in [0.4, 0.5) is 0 Å². The van der Waals surface area contributed by atoms with Crippen LogP contribution < -0.4 is 11.2 Å². The summed E-state index contributed by atoms with van der Waals surface area (Å²) in [6, 6.07) is 0. The number of aromatic amines is 1. The lowest BCUT2D eigenvalue weighted by atomic mass is 10.3. The van der Waals surface area contributed by atoms with E-state index in [2.05, 4.69) is 14.5 Å². The molecule has 0 atom stereocenters. The standard InChI is InChI=1S/C13H16N2O7/c1-9(16)22-6-5-21-8-15-7-10(3-4-11(17)20-2)12(18)14-13(15)19/h3-4,7H,5-6,8H2,1-2H3,(H,14,18,19)/b4-3+. The van der Waals surface area contributed by atoms with Gasteiger partial charge in [0.05, 0.1) is 19.3 Å². The van der Waals surface area contributed by atoms with E-state index >= 15 is 0 Å². The monoisotopic (exact) mass is 312 g/mol. The molecule has 0 radical (unpaired) electrons. The fourth-order valence-corrected chi connectivity index (χ4v) is 1.37. The predicted octanol–water partition coefficient (Wildman–Crippen LogP) is -0.740. The van der Waals surface area contributed by atoms with Gasteiger partial charge in [-0.25, -0.2) is 9.59 Å². The second-order valence-corrected chi connectivity index (χ2v) is 4.05. The van der Waals surface area contributed by atoms with Crippen LogP contribution in [0.1, 0.15) is 12.5 Å². The van der Waals surface area contributed by atoms with Crippen molar-refractivity contribution >= 4 is 18.0 Å². The Balaban J connectivity index is 2.73. The van der Waals surface area contributed by atoms with Gasteiger partial charge in [-0.1, -0.05) is 0 Å². The lowest BCUT2D eigenvalue weighted by Crippen LogP contribution is -2.31. The van der Waals surface area contributed by atoms with E-state index in [-0.39, 0.29) is 25.5 Å². The summed E-state index contributed by atoms with van der Waals surface area (Å²) in [5.41, 5.74) is -1.21. The minimum Gasteiger partial charge on any atom is -0.466 e. The summed E-state index contributed by atoms with van der Waals surface area (Å²) in [6.07, 6.45) is 3.52. The highest BCUT2D eigenvalue weighted by Crippen LogP contribution is 1.94. The lowest BCUT2D eigenvalue weighted by Gasteiger charge is -2.07. The first-order valence-corrected chi connectivity index (χ1v) is 6.25. The number of ether oxygens (including phenoxy) is 3. The zero-order valence-corrected chi connectivity index (χ0v) is 12.2. The predicted molar refractivity (Wildman–Crippen MR) is 75.0 cm³/mol. The summed E-state index contributed by atoms with van der Waals surface area (Å²) >= 11 is 0. The highest BCUT2D eigenvalue weighted by molar-refractivity contribution is 5.86. The van der Waals surface area contributed by atoms with Crippen LogP contribution in [0.25, 0.3) is 6.08 Å². The van der Waals surface area contributed by atoms with Crippen LogP contribution >= 0.6 is 0 Å². The molecule has 22 heavy (non-hydrogen) atoms. The van der Waals surface area contributed by atoms with Gasteiger partial charge in [0.25, 0.3) is 5.56 Å². The Morgan fingerprint density at radius 2 is 2.05 bits per heavy atom. The third kappa shape index (κ3) is 5.75. The third-order valence-corrected chi connectivity index (χ3v) is 2.40. The van der Waals surface area contributed by atoms with Gasteiger partial charge in [-0.3, -0.25) is 19.1 Å². The minimum absolute atomic E-state index is 0.0581. The number of nitrogens with one attached hydrogen (secondary N) is 1. The van der Waals surface area contributed by atoms with Crippen LogP contribution in [0.3, 0.4) is 0 Å². The van der Waals surface area contributed by atoms with Gasteiger partial charge in [-0.05, 0) is 6.08 Å². The Bertz CT molecular complexity index is 672. The number of hydrogen-bond acceptors (Lipinski definition) is 7. The van der Waals surface area contributed by atoms with E-state index in [1.165, 1.54) is 26.3 Å². The van der Waals surface area contributed by atoms with Crippen LogP contribution in [0.5, 0.6) is 0 Å². The molecule has 0 bridgehead atoms. The van der Waals surface area contributed by atoms with Gasteiger partial charge >= 0.3 is 17.6 Å². The number of aromatic nitrogens is 2. The maximum Gasteiger partial charge on any atom is 0.330 e. The van der Waals surface area contributed by atoms with Crippen molar-refractivity contribution in [3.63, 3.8) is 0 Å². The summed E-state index contributed by atoms with van der Waals surface area (Å²) < 4.78 is 15.3. The summed E-state index contributed by atoms with van der Waals surface area (Å²) in [4.78, 5) is 46.8. The normalized spacial score (nSPS) is 10.6. The summed E-state index contributed by atoms with van der Waals surface area (Å²) in [6.45, 7) is 1.28. The molecule has 0 amide bonds. The van der Waals surface area contributed by atoms with Gasteiger partial charge in [0.15, 0.2) is 0 Å². The van der Waals surface area contributed by atoms with Crippen molar-refractivity contribution in [2.24, 2.45) is 0 Å². The van der Waals surface area contributed by atoms with E-state index < -0.39 is 23.2 Å². The number of hydrogen-bond donors (Lipinski definition) is 1. The van der Waals surface area contributed by atoms with Gasteiger partial charge < -0.3 is 14.2 Å². The van der Waals surface area contributed by atoms with Crippen molar-refractivity contribution in [3.05, 3.63) is 38.7 Å². The van der Waals surface area contributed by atoms with E-state index in [0.29, 0.717) is 0 Å². The zero-order valence-electron chi connectivity index (χ0n) is 12.2. The Kier molecular flexibility index (Phi) is 6.77. The molecular weight excluding hydrogens is 296 g/mol. The van der Waals surface area contributed by atoms with Crippen molar-refractivity contribution in [3.8, 4) is 0 Å². The van der Waals surface area contributed by atoms with Gasteiger partial charge in [0.1, 0.15) is 13.3 Å². The maximum atomic E-state index is 11.6. The molecular formula is C13H16N2O7. The quantitative estimate of drug-likeness (QED) is 0.400. The van der Waals surface area contributed by atoms with Gasteiger partial charge in [-0.15, -0.1) is 0 Å². The highest BCUT2D eigenvalue weighted by Gasteiger charge is 2.03. The number of carbonyl (C=O) groups excluding carboxylic acids is 2. The molecule has 0 aliphatic rings. The number of H-pyrrole nitrogens is 1. The third-order valence-electron chi connectivity index (χ3n) is 2.40. The molecule has 0 aliphatic heterocycles. The first-order chi connectivity index (χ1) is 10.4. The molecule has 9 nitrogen and oxygen atoms in total. The van der Waals surface area contributed by atoms with E-state index in [4.69, 9.17) is 4.74 Å². The molecule has 1 aromatic rings. The van der Waals surface area contributed by atoms with E-state index in [1.54, 1.807) is 0 Å². The Hall–Kier alpha value is -2.68. The van der Waals surface area contributed by atoms with Crippen molar-refractivity contribution in [2.45, 2.75) is 13.7 Å². The van der Waals surface area contributed by atoms with Gasteiger partial charge in [-0.2, -0.15) is 0 Å². The summed E-state index contributed by atoms with van der Waals surface area (Å²) in [5.74, 6) is -1.06. The van der Waals surface area contributed by atoms with Gasteiger partial charge in [0, 0.05) is 19.2 Å². The summed E-state index contributed by atoms with van der Waals surface area (Å²) in [7, 11) is 1.20. The molecule has 0 saturated heterocycles. The number of methoxy groups -OCH3 is 1. The van der Waals surface area contributed by atoms with Crippen LogP contribution in [0.15, 0.2) is 21.9 Å². The Morgan fingerprint density at radius 3 is 2.68 bits per heavy atom. The molecule has 0 aromatic carbocycles. The van der Waals surface area contributed by atoms with Crippen molar-refractivity contribution in [1.29, 1.82) is 0 Å².